The lowest BCUT2D eigenvalue weighted by Gasteiger charge is -2.03. The second-order valence-electron chi connectivity index (χ2n) is 0.909. The van der Waals surface area contributed by atoms with Gasteiger partial charge in [-0.2, -0.15) is 14.0 Å². The van der Waals surface area contributed by atoms with Crippen LogP contribution in [0.25, 0.3) is 0 Å². The molecule has 0 heterocycles. The smallest absolute Gasteiger partial charge is 0.303 e. The van der Waals surface area contributed by atoms with Gasteiger partial charge in [-0.3, -0.25) is 0 Å². The summed E-state index contributed by atoms with van der Waals surface area (Å²) in [4.78, 5) is 21.6. The first-order valence-electron chi connectivity index (χ1n) is 1.41. The Balaban J connectivity index is 0. The highest BCUT2D eigenvalue weighted by molar-refractivity contribution is 7.45. The monoisotopic (exact) mass is 198 g/mol. The molecule has 0 radical (unpaired) electrons. The van der Waals surface area contributed by atoms with E-state index in [9.17, 15) is 0 Å². The molecule has 10 heavy (non-hydrogen) atoms. The van der Waals surface area contributed by atoms with Gasteiger partial charge >= 0.3 is 7.82 Å². The zero-order chi connectivity index (χ0) is 9.00. The molecule has 10 heteroatoms. The fourth-order valence-electron chi connectivity index (χ4n) is 0. The molecule has 0 aromatic heterocycles. The molecule has 0 saturated heterocycles. The van der Waals surface area contributed by atoms with E-state index >= 15 is 0 Å². The van der Waals surface area contributed by atoms with Gasteiger partial charge in [0.25, 0.3) is 0 Å². The van der Waals surface area contributed by atoms with Gasteiger partial charge in [0.15, 0.2) is 0 Å². The van der Waals surface area contributed by atoms with Crippen LogP contribution < -0.4 is 14.0 Å². The zero-order valence-corrected chi connectivity index (χ0v) is 5.90. The average Bonchev–Trinajstić information content (AvgIpc) is 1.12. The van der Waals surface area contributed by atoms with Crippen molar-refractivity contribution in [2.24, 2.45) is 0 Å². The number of hydrogen-bond acceptors (Lipinski definition) is 5. The molecule has 0 unspecified atom stereocenters. The Kier molecular flexibility index (Phi) is 5.39. The summed E-state index contributed by atoms with van der Waals surface area (Å²) in [5.74, 6) is 0. The van der Waals surface area contributed by atoms with Crippen molar-refractivity contribution >= 4 is 7.82 Å². The predicted octanol–water partition coefficient (Wildman–Crippen LogP) is -5.05. The van der Waals surface area contributed by atoms with Crippen molar-refractivity contribution in [1.82, 2.24) is 0 Å². The quantitative estimate of drug-likeness (QED) is 0.280. The minimum Gasteiger partial charge on any atom is -0.303 e. The first-order chi connectivity index (χ1) is 4.00. The topological polar surface area (TPSA) is 167 Å². The molecule has 0 aromatic carbocycles. The van der Waals surface area contributed by atoms with E-state index in [1.807, 2.05) is 0 Å². The van der Waals surface area contributed by atoms with Gasteiger partial charge in [-0.25, -0.2) is 4.57 Å². The van der Waals surface area contributed by atoms with Crippen LogP contribution in [0, 0.1) is 10.2 Å². The van der Waals surface area contributed by atoms with E-state index in [1.54, 1.807) is 0 Å². The van der Waals surface area contributed by atoms with Crippen LogP contribution in [-0.4, -0.2) is 19.3 Å². The summed E-state index contributed by atoms with van der Waals surface area (Å²) >= 11 is 0. The molecule has 8 nitrogen and oxygen atoms in total. The number of halogens is 1. The van der Waals surface area contributed by atoms with Crippen LogP contribution >= 0.6 is 7.82 Å². The average molecular weight is 198 g/mol. The van der Waals surface area contributed by atoms with Crippen LogP contribution in [0.3, 0.4) is 0 Å². The molecule has 0 atom stereocenters. The first kappa shape index (κ1) is 12.9. The molecule has 4 N–H and O–H groups in total. The summed E-state index contributed by atoms with van der Waals surface area (Å²) in [5.41, 5.74) is 0. The minimum absolute atomic E-state index is 4.64. The van der Waals surface area contributed by atoms with E-state index in [0.717, 1.165) is 0 Å². The van der Waals surface area contributed by atoms with Crippen molar-refractivity contribution in [2.45, 2.75) is 0 Å². The molecule has 0 rings (SSSR count). The van der Waals surface area contributed by atoms with Crippen LogP contribution in [0.5, 0.6) is 0 Å². The van der Waals surface area contributed by atoms with Crippen LogP contribution in [0.4, 0.5) is 0 Å². The second kappa shape index (κ2) is 4.19. The largest absolute Gasteiger partial charge is 0.466 e. The van der Waals surface area contributed by atoms with Crippen molar-refractivity contribution in [1.29, 1.82) is 0 Å². The van der Waals surface area contributed by atoms with E-state index in [1.165, 1.54) is 0 Å². The highest BCUT2D eigenvalue weighted by atomic mass is 35.7. The summed E-state index contributed by atoms with van der Waals surface area (Å²) in [5, 5.41) is 0. The molecular weight excluding hydrogens is 194 g/mol. The van der Waals surface area contributed by atoms with Gasteiger partial charge in [0.1, 0.15) is 0 Å². The van der Waals surface area contributed by atoms with Crippen molar-refractivity contribution in [3.63, 3.8) is 0 Å². The lowest BCUT2D eigenvalue weighted by Crippen LogP contribution is -2.58. The number of rotatable bonds is 0. The lowest BCUT2D eigenvalue weighted by molar-refractivity contribution is -1.92. The summed E-state index contributed by atoms with van der Waals surface area (Å²) in [6, 6.07) is 0. The second-order valence-corrected chi connectivity index (χ2v) is 2.73. The third-order valence-corrected chi connectivity index (χ3v) is 0. The zero-order valence-electron chi connectivity index (χ0n) is 4.25. The van der Waals surface area contributed by atoms with Crippen molar-refractivity contribution < 1.29 is 48.1 Å². The molecular formula is H4ClO8P. The van der Waals surface area contributed by atoms with Gasteiger partial charge in [0, 0.05) is 0 Å². The summed E-state index contributed by atoms with van der Waals surface area (Å²) in [6.07, 6.45) is 0. The Labute approximate surface area is 57.0 Å². The van der Waals surface area contributed by atoms with Crippen LogP contribution in [0.2, 0.25) is 0 Å². The van der Waals surface area contributed by atoms with Gasteiger partial charge in [-0.1, -0.05) is 0 Å². The first-order valence-corrected chi connectivity index (χ1v) is 4.24. The fourth-order valence-corrected chi connectivity index (χ4v) is 0. The van der Waals surface area contributed by atoms with Gasteiger partial charge in [-0.05, 0) is 0 Å². The highest BCUT2D eigenvalue weighted by Gasteiger charge is 2.00. The Morgan fingerprint density at radius 1 is 1.10 bits per heavy atom. The Morgan fingerprint density at radius 2 is 1.10 bits per heavy atom. The van der Waals surface area contributed by atoms with Gasteiger partial charge in [0.05, 0.1) is 14.9 Å². The highest BCUT2D eigenvalue weighted by Crippen LogP contribution is 2.25. The van der Waals surface area contributed by atoms with E-state index < -0.39 is 18.1 Å². The van der Waals surface area contributed by atoms with Crippen LogP contribution in [0.15, 0.2) is 0 Å². The maximum atomic E-state index is 8.88. The third-order valence-electron chi connectivity index (χ3n) is 0. The Bertz CT molecular complexity index is 101. The lowest BCUT2D eigenvalue weighted by atomic mass is 15.8. The third kappa shape index (κ3) is 7500. The van der Waals surface area contributed by atoms with Crippen molar-refractivity contribution in [3.8, 4) is 0 Å². The fraction of sp³-hybridized carbons (Fsp3) is 0. The van der Waals surface area contributed by atoms with Gasteiger partial charge < -0.3 is 14.7 Å². The number of hydrogen-bond donors (Lipinski definition) is 4. The maximum absolute atomic E-state index is 8.88. The van der Waals surface area contributed by atoms with Crippen molar-refractivity contribution in [2.75, 3.05) is 0 Å². The SMILES string of the molecule is O=P(O)(O)O.[O-][Cl+3]([O-])([O-])O. The molecule has 0 amide bonds. The van der Waals surface area contributed by atoms with Crippen molar-refractivity contribution in [3.05, 3.63) is 0 Å². The molecule has 0 aliphatic carbocycles. The molecule has 64 valence electrons. The van der Waals surface area contributed by atoms with Gasteiger partial charge in [0.2, 0.25) is 0 Å². The molecule has 0 saturated carbocycles. The minimum atomic E-state index is -4.69. The van der Waals surface area contributed by atoms with E-state index in [0.29, 0.717) is 0 Å². The van der Waals surface area contributed by atoms with E-state index in [2.05, 4.69) is 0 Å². The molecule has 0 bridgehead atoms. The molecule has 0 aromatic rings. The summed E-state index contributed by atoms with van der Waals surface area (Å²) in [7, 11) is -9.33. The standard InChI is InChI=1S/ClHO4.H3O4P/c2-1(3,4)5;1-5(2,3)4/h(H,2,3,4,5);(H3,1,2,3,4). The molecule has 0 fully saturated rings. The maximum Gasteiger partial charge on any atom is 0.466 e. The van der Waals surface area contributed by atoms with Gasteiger partial charge in [-0.15, -0.1) is 0 Å². The number of phosphoric acid groups is 1. The normalized spacial score (nSPS) is 11.9. The Hall–Kier alpha value is 0.240. The van der Waals surface area contributed by atoms with E-state index in [-0.39, 0.29) is 0 Å². The summed E-state index contributed by atoms with van der Waals surface area (Å²) in [6.45, 7) is 0. The Morgan fingerprint density at radius 3 is 1.10 bits per heavy atom. The molecule has 0 aliphatic heterocycles. The molecule has 0 aliphatic rings. The predicted molar refractivity (Wildman–Crippen MR) is 16.5 cm³/mol. The van der Waals surface area contributed by atoms with E-state index in [4.69, 9.17) is 37.9 Å². The van der Waals surface area contributed by atoms with Crippen LogP contribution in [0.1, 0.15) is 0 Å². The van der Waals surface area contributed by atoms with Crippen LogP contribution in [-0.2, 0) is 4.57 Å². The molecule has 0 spiro atoms. The summed E-state index contributed by atoms with van der Waals surface area (Å²) < 4.78 is 41.6.